The van der Waals surface area contributed by atoms with Crippen LogP contribution in [0.3, 0.4) is 0 Å². The summed E-state index contributed by atoms with van der Waals surface area (Å²) in [6, 6.07) is 14.9. The highest BCUT2D eigenvalue weighted by atomic mass is 16.5. The molecule has 0 aliphatic rings. The van der Waals surface area contributed by atoms with Crippen LogP contribution >= 0.6 is 0 Å². The molecule has 2 rings (SSSR count). The van der Waals surface area contributed by atoms with E-state index in [2.05, 4.69) is 65.0 Å². The van der Waals surface area contributed by atoms with Crippen LogP contribution in [-0.2, 0) is 16.0 Å². The van der Waals surface area contributed by atoms with Gasteiger partial charge in [0.2, 0.25) is 0 Å². The van der Waals surface area contributed by atoms with E-state index in [1.807, 2.05) is 0 Å². The number of hydrogen-bond acceptors (Lipinski definition) is 3. The third-order valence-corrected chi connectivity index (χ3v) is 4.05. The maximum absolute atomic E-state index is 5.55. The summed E-state index contributed by atoms with van der Waals surface area (Å²) in [5, 5.41) is 9.11. The molecule has 0 saturated heterocycles. The lowest BCUT2D eigenvalue weighted by atomic mass is 10.1. The molecular formula is C21H31N3O2. The third kappa shape index (κ3) is 7.42. The number of nitrogens with zero attached hydrogens (tertiary/aromatic N) is 1. The van der Waals surface area contributed by atoms with Crippen molar-refractivity contribution in [2.75, 3.05) is 40.0 Å². The smallest absolute Gasteiger partial charge is 0.191 e. The Labute approximate surface area is 156 Å². The minimum Gasteiger partial charge on any atom is -0.379 e. The number of fused-ring (bicyclic) bond motifs is 1. The highest BCUT2D eigenvalue weighted by molar-refractivity contribution is 5.83. The molecule has 142 valence electrons. The first-order valence-electron chi connectivity index (χ1n) is 9.41. The molecule has 2 aromatic carbocycles. The zero-order chi connectivity index (χ0) is 18.5. The molecule has 0 aromatic heterocycles. The van der Waals surface area contributed by atoms with E-state index in [0.29, 0.717) is 26.4 Å². The van der Waals surface area contributed by atoms with E-state index < -0.39 is 0 Å². The van der Waals surface area contributed by atoms with Gasteiger partial charge in [0.05, 0.1) is 19.8 Å². The number of unbranched alkanes of at least 4 members (excludes halogenated alkanes) is 1. The molecule has 2 N–H and O–H groups in total. The highest BCUT2D eigenvalue weighted by Gasteiger charge is 2.00. The van der Waals surface area contributed by atoms with E-state index in [9.17, 15) is 0 Å². The molecule has 0 radical (unpaired) electrons. The summed E-state index contributed by atoms with van der Waals surface area (Å²) in [4.78, 5) is 4.25. The predicted octanol–water partition coefficient (Wildman–Crippen LogP) is 3.34. The molecule has 5 heteroatoms. The molecule has 0 aliphatic heterocycles. The summed E-state index contributed by atoms with van der Waals surface area (Å²) in [7, 11) is 1.78. The fourth-order valence-corrected chi connectivity index (χ4v) is 2.57. The summed E-state index contributed by atoms with van der Waals surface area (Å²) < 4.78 is 11.0. The van der Waals surface area contributed by atoms with Crippen molar-refractivity contribution in [2.24, 2.45) is 4.99 Å². The van der Waals surface area contributed by atoms with Crippen LogP contribution in [0, 0.1) is 0 Å². The quantitative estimate of drug-likeness (QED) is 0.368. The number of hydrogen-bond donors (Lipinski definition) is 2. The van der Waals surface area contributed by atoms with Gasteiger partial charge in [-0.1, -0.05) is 49.7 Å². The number of benzene rings is 2. The molecule has 0 heterocycles. The van der Waals surface area contributed by atoms with Gasteiger partial charge >= 0.3 is 0 Å². The normalized spacial score (nSPS) is 11.7. The van der Waals surface area contributed by atoms with Crippen molar-refractivity contribution in [2.45, 2.75) is 26.3 Å². The predicted molar refractivity (Wildman–Crippen MR) is 109 cm³/mol. The molecule has 0 saturated carbocycles. The van der Waals surface area contributed by atoms with Gasteiger partial charge in [0, 0.05) is 26.7 Å². The van der Waals surface area contributed by atoms with E-state index in [0.717, 1.165) is 32.0 Å². The van der Waals surface area contributed by atoms with Gasteiger partial charge in [-0.2, -0.15) is 0 Å². The maximum atomic E-state index is 5.55. The summed E-state index contributed by atoms with van der Waals surface area (Å²) in [6.45, 7) is 6.36. The van der Waals surface area contributed by atoms with Crippen molar-refractivity contribution in [1.82, 2.24) is 10.6 Å². The van der Waals surface area contributed by atoms with Crippen molar-refractivity contribution in [3.63, 3.8) is 0 Å². The second-order valence-electron chi connectivity index (χ2n) is 6.11. The lowest BCUT2D eigenvalue weighted by molar-refractivity contribution is 0.0487. The van der Waals surface area contributed by atoms with Crippen LogP contribution in [0.2, 0.25) is 0 Å². The van der Waals surface area contributed by atoms with Crippen molar-refractivity contribution in [1.29, 1.82) is 0 Å². The molecule has 5 nitrogen and oxygen atoms in total. The van der Waals surface area contributed by atoms with Gasteiger partial charge in [0.15, 0.2) is 5.96 Å². The summed E-state index contributed by atoms with van der Waals surface area (Å²) in [5.41, 5.74) is 1.23. The minimum absolute atomic E-state index is 0.633. The number of aliphatic imine (C=N–C) groups is 1. The van der Waals surface area contributed by atoms with E-state index in [1.54, 1.807) is 7.05 Å². The van der Waals surface area contributed by atoms with Crippen LogP contribution in [0.5, 0.6) is 0 Å². The molecule has 0 unspecified atom stereocenters. The number of rotatable bonds is 11. The van der Waals surface area contributed by atoms with Gasteiger partial charge in [-0.25, -0.2) is 0 Å². The number of ether oxygens (including phenoxy) is 2. The van der Waals surface area contributed by atoms with E-state index in [1.165, 1.54) is 16.3 Å². The minimum atomic E-state index is 0.633. The van der Waals surface area contributed by atoms with Crippen LogP contribution in [0.1, 0.15) is 25.3 Å². The first kappa shape index (κ1) is 20.2. The third-order valence-electron chi connectivity index (χ3n) is 4.05. The first-order chi connectivity index (χ1) is 12.8. The zero-order valence-electron chi connectivity index (χ0n) is 16.0. The van der Waals surface area contributed by atoms with Crippen molar-refractivity contribution >= 4 is 16.7 Å². The molecule has 0 spiro atoms. The Morgan fingerprint density at radius 1 is 0.923 bits per heavy atom. The Bertz CT molecular complexity index is 673. The SMILES string of the molecule is CCCCOCCOCCNC(=NC)NCc1ccc2ccccc2c1. The largest absolute Gasteiger partial charge is 0.379 e. The van der Waals surface area contributed by atoms with Gasteiger partial charge in [-0.3, -0.25) is 4.99 Å². The average molecular weight is 357 g/mol. The summed E-state index contributed by atoms with van der Waals surface area (Å²) in [6.07, 6.45) is 2.27. The molecule has 26 heavy (non-hydrogen) atoms. The van der Waals surface area contributed by atoms with E-state index >= 15 is 0 Å². The van der Waals surface area contributed by atoms with Gasteiger partial charge < -0.3 is 20.1 Å². The van der Waals surface area contributed by atoms with Crippen molar-refractivity contribution in [3.05, 3.63) is 48.0 Å². The van der Waals surface area contributed by atoms with Crippen LogP contribution < -0.4 is 10.6 Å². The standard InChI is InChI=1S/C21H31N3O2/c1-3-4-12-25-14-15-26-13-11-23-21(22-2)24-17-18-9-10-19-7-5-6-8-20(19)16-18/h5-10,16H,3-4,11-15,17H2,1-2H3,(H2,22,23,24). The number of nitrogens with one attached hydrogen (secondary N) is 2. The fraction of sp³-hybridized carbons (Fsp3) is 0.476. The lowest BCUT2D eigenvalue weighted by Gasteiger charge is -2.12. The van der Waals surface area contributed by atoms with Gasteiger partial charge in [-0.05, 0) is 28.8 Å². The summed E-state index contributed by atoms with van der Waals surface area (Å²) >= 11 is 0. The Morgan fingerprint density at radius 2 is 1.69 bits per heavy atom. The fourth-order valence-electron chi connectivity index (χ4n) is 2.57. The lowest BCUT2D eigenvalue weighted by Crippen LogP contribution is -2.38. The van der Waals surface area contributed by atoms with Gasteiger partial charge in [0.25, 0.3) is 0 Å². The van der Waals surface area contributed by atoms with Gasteiger partial charge in [0.1, 0.15) is 0 Å². The molecule has 0 atom stereocenters. The first-order valence-corrected chi connectivity index (χ1v) is 9.41. The Kier molecular flexibility index (Phi) is 9.54. The Hall–Kier alpha value is -2.11. The number of guanidine groups is 1. The average Bonchev–Trinajstić information content (AvgIpc) is 2.68. The topological polar surface area (TPSA) is 54.9 Å². The van der Waals surface area contributed by atoms with Crippen molar-refractivity contribution < 1.29 is 9.47 Å². The Morgan fingerprint density at radius 3 is 2.46 bits per heavy atom. The zero-order valence-corrected chi connectivity index (χ0v) is 16.0. The highest BCUT2D eigenvalue weighted by Crippen LogP contribution is 2.15. The maximum Gasteiger partial charge on any atom is 0.191 e. The molecule has 0 bridgehead atoms. The molecule has 0 amide bonds. The second-order valence-corrected chi connectivity index (χ2v) is 6.11. The van der Waals surface area contributed by atoms with Crippen LogP contribution in [0.4, 0.5) is 0 Å². The Balaban J connectivity index is 1.61. The van der Waals surface area contributed by atoms with Gasteiger partial charge in [-0.15, -0.1) is 0 Å². The van der Waals surface area contributed by atoms with E-state index in [-0.39, 0.29) is 0 Å². The molecule has 0 fully saturated rings. The van der Waals surface area contributed by atoms with Crippen LogP contribution in [0.15, 0.2) is 47.5 Å². The molecular weight excluding hydrogens is 326 g/mol. The monoisotopic (exact) mass is 357 g/mol. The summed E-state index contributed by atoms with van der Waals surface area (Å²) in [5.74, 6) is 0.779. The van der Waals surface area contributed by atoms with Crippen LogP contribution in [-0.4, -0.2) is 46.0 Å². The molecule has 2 aromatic rings. The van der Waals surface area contributed by atoms with Crippen LogP contribution in [0.25, 0.3) is 10.8 Å². The van der Waals surface area contributed by atoms with Crippen molar-refractivity contribution in [3.8, 4) is 0 Å². The molecule has 0 aliphatic carbocycles. The van der Waals surface area contributed by atoms with E-state index in [4.69, 9.17) is 9.47 Å². The second kappa shape index (κ2) is 12.3.